The Morgan fingerprint density at radius 3 is 2.56 bits per heavy atom. The van der Waals surface area contributed by atoms with Crippen molar-refractivity contribution >= 4 is 11.9 Å². The van der Waals surface area contributed by atoms with Gasteiger partial charge in [0.05, 0.1) is 6.54 Å². The number of carboxylic acids is 1. The number of aliphatic carboxylic acids is 1. The highest BCUT2D eigenvalue weighted by Crippen LogP contribution is 2.08. The van der Waals surface area contributed by atoms with Gasteiger partial charge in [-0.3, -0.25) is 9.59 Å². The summed E-state index contributed by atoms with van der Waals surface area (Å²) in [5.41, 5.74) is 0. The summed E-state index contributed by atoms with van der Waals surface area (Å²) >= 11 is 0. The molecule has 0 rings (SSSR count). The summed E-state index contributed by atoms with van der Waals surface area (Å²) in [6.45, 7) is 5.69. The van der Waals surface area contributed by atoms with E-state index < -0.39 is 5.97 Å². The standard InChI is InChI=1S/C11H22N2O3/c1-3-12-8-10(14)13-7-6-9(2)4-5-11(15)16/h9,12H,3-8H2,1-2H3,(H,13,14)(H,15,16). The maximum absolute atomic E-state index is 11.2. The van der Waals surface area contributed by atoms with Crippen LogP contribution in [-0.4, -0.2) is 36.6 Å². The number of hydrogen-bond acceptors (Lipinski definition) is 3. The molecule has 0 aromatic carbocycles. The Morgan fingerprint density at radius 2 is 2.00 bits per heavy atom. The minimum Gasteiger partial charge on any atom is -0.481 e. The summed E-state index contributed by atoms with van der Waals surface area (Å²) in [6, 6.07) is 0. The fourth-order valence-corrected chi connectivity index (χ4v) is 1.27. The normalized spacial score (nSPS) is 12.1. The van der Waals surface area contributed by atoms with Gasteiger partial charge in [-0.05, 0) is 25.3 Å². The van der Waals surface area contributed by atoms with Crippen LogP contribution in [-0.2, 0) is 9.59 Å². The molecule has 3 N–H and O–H groups in total. The van der Waals surface area contributed by atoms with E-state index in [0.29, 0.717) is 25.4 Å². The highest BCUT2D eigenvalue weighted by Gasteiger charge is 2.06. The van der Waals surface area contributed by atoms with Crippen LogP contribution < -0.4 is 10.6 Å². The lowest BCUT2D eigenvalue weighted by atomic mass is 10.0. The van der Waals surface area contributed by atoms with E-state index in [4.69, 9.17) is 5.11 Å². The van der Waals surface area contributed by atoms with Crippen molar-refractivity contribution in [2.45, 2.75) is 33.1 Å². The lowest BCUT2D eigenvalue weighted by Gasteiger charge is -2.10. The predicted octanol–water partition coefficient (Wildman–Crippen LogP) is 0.603. The molecule has 1 unspecified atom stereocenters. The lowest BCUT2D eigenvalue weighted by molar-refractivity contribution is -0.137. The first kappa shape index (κ1) is 14.9. The number of amides is 1. The fraction of sp³-hybridized carbons (Fsp3) is 0.818. The highest BCUT2D eigenvalue weighted by atomic mass is 16.4. The molecular formula is C11H22N2O3. The van der Waals surface area contributed by atoms with E-state index in [-0.39, 0.29) is 12.3 Å². The van der Waals surface area contributed by atoms with E-state index in [9.17, 15) is 9.59 Å². The minimum atomic E-state index is -0.761. The largest absolute Gasteiger partial charge is 0.481 e. The third-order valence-electron chi connectivity index (χ3n) is 2.35. The number of carbonyl (C=O) groups excluding carboxylic acids is 1. The fourth-order valence-electron chi connectivity index (χ4n) is 1.27. The topological polar surface area (TPSA) is 78.4 Å². The molecule has 0 aliphatic carbocycles. The van der Waals surface area contributed by atoms with Crippen LogP contribution in [0.5, 0.6) is 0 Å². The zero-order valence-electron chi connectivity index (χ0n) is 10.1. The molecule has 0 aliphatic rings. The van der Waals surface area contributed by atoms with Gasteiger partial charge in [-0.2, -0.15) is 0 Å². The van der Waals surface area contributed by atoms with Crippen molar-refractivity contribution in [1.29, 1.82) is 0 Å². The molecule has 5 nitrogen and oxygen atoms in total. The first-order chi connectivity index (χ1) is 7.56. The number of nitrogens with one attached hydrogen (secondary N) is 2. The van der Waals surface area contributed by atoms with Crippen LogP contribution in [0.25, 0.3) is 0 Å². The second-order valence-electron chi connectivity index (χ2n) is 3.96. The Kier molecular flexibility index (Phi) is 8.52. The molecule has 0 radical (unpaired) electrons. The van der Waals surface area contributed by atoms with Crippen molar-refractivity contribution < 1.29 is 14.7 Å². The number of likely N-dealkylation sites (N-methyl/N-ethyl adjacent to an activating group) is 1. The van der Waals surface area contributed by atoms with Crippen LogP contribution in [0.3, 0.4) is 0 Å². The van der Waals surface area contributed by atoms with Crippen LogP contribution in [0.15, 0.2) is 0 Å². The molecule has 0 aromatic rings. The van der Waals surface area contributed by atoms with Crippen molar-refractivity contribution in [2.75, 3.05) is 19.6 Å². The van der Waals surface area contributed by atoms with Crippen LogP contribution in [0.2, 0.25) is 0 Å². The summed E-state index contributed by atoms with van der Waals surface area (Å²) in [5.74, 6) is -0.439. The molecule has 94 valence electrons. The van der Waals surface area contributed by atoms with Crippen molar-refractivity contribution in [2.24, 2.45) is 5.92 Å². The van der Waals surface area contributed by atoms with Gasteiger partial charge < -0.3 is 15.7 Å². The average molecular weight is 230 g/mol. The number of rotatable bonds is 9. The summed E-state index contributed by atoms with van der Waals surface area (Å²) in [6.07, 6.45) is 1.69. The number of hydrogen-bond donors (Lipinski definition) is 3. The smallest absolute Gasteiger partial charge is 0.303 e. The van der Waals surface area contributed by atoms with E-state index in [1.165, 1.54) is 0 Å². The summed E-state index contributed by atoms with van der Waals surface area (Å²) < 4.78 is 0. The molecule has 0 fully saturated rings. The van der Waals surface area contributed by atoms with E-state index in [1.807, 2.05) is 13.8 Å². The van der Waals surface area contributed by atoms with Crippen LogP contribution >= 0.6 is 0 Å². The predicted molar refractivity (Wildman–Crippen MR) is 62.2 cm³/mol. The SMILES string of the molecule is CCNCC(=O)NCCC(C)CCC(=O)O. The second kappa shape index (κ2) is 9.15. The van der Waals surface area contributed by atoms with Crippen molar-refractivity contribution in [3.8, 4) is 0 Å². The van der Waals surface area contributed by atoms with Crippen molar-refractivity contribution in [3.05, 3.63) is 0 Å². The van der Waals surface area contributed by atoms with Gasteiger partial charge in [0.1, 0.15) is 0 Å². The monoisotopic (exact) mass is 230 g/mol. The van der Waals surface area contributed by atoms with Gasteiger partial charge in [-0.1, -0.05) is 13.8 Å². The van der Waals surface area contributed by atoms with Crippen molar-refractivity contribution in [1.82, 2.24) is 10.6 Å². The van der Waals surface area contributed by atoms with E-state index in [0.717, 1.165) is 13.0 Å². The Balaban J connectivity index is 3.42. The molecule has 1 atom stereocenters. The first-order valence-corrected chi connectivity index (χ1v) is 5.75. The maximum atomic E-state index is 11.2. The molecule has 0 heterocycles. The molecule has 1 amide bonds. The highest BCUT2D eigenvalue weighted by molar-refractivity contribution is 5.77. The van der Waals surface area contributed by atoms with Gasteiger partial charge in [0, 0.05) is 13.0 Å². The van der Waals surface area contributed by atoms with Gasteiger partial charge in [0.2, 0.25) is 5.91 Å². The zero-order chi connectivity index (χ0) is 12.4. The summed E-state index contributed by atoms with van der Waals surface area (Å²) in [4.78, 5) is 21.5. The lowest BCUT2D eigenvalue weighted by Crippen LogP contribution is -2.34. The van der Waals surface area contributed by atoms with Gasteiger partial charge >= 0.3 is 5.97 Å². The van der Waals surface area contributed by atoms with Crippen LogP contribution in [0.1, 0.15) is 33.1 Å². The van der Waals surface area contributed by atoms with Crippen LogP contribution in [0.4, 0.5) is 0 Å². The van der Waals surface area contributed by atoms with Gasteiger partial charge in [0.15, 0.2) is 0 Å². The molecule has 0 saturated heterocycles. The minimum absolute atomic E-state index is 0.00714. The maximum Gasteiger partial charge on any atom is 0.303 e. The molecule has 0 saturated carbocycles. The zero-order valence-corrected chi connectivity index (χ0v) is 10.1. The Labute approximate surface area is 96.6 Å². The van der Waals surface area contributed by atoms with E-state index in [2.05, 4.69) is 10.6 Å². The van der Waals surface area contributed by atoms with Crippen molar-refractivity contribution in [3.63, 3.8) is 0 Å². The van der Waals surface area contributed by atoms with Gasteiger partial charge in [0.25, 0.3) is 0 Å². The third kappa shape index (κ3) is 9.45. The van der Waals surface area contributed by atoms with Crippen LogP contribution in [0, 0.1) is 5.92 Å². The molecule has 0 bridgehead atoms. The number of carboxylic acid groups (broad SMARTS) is 1. The average Bonchev–Trinajstić information content (AvgIpc) is 2.23. The third-order valence-corrected chi connectivity index (χ3v) is 2.35. The van der Waals surface area contributed by atoms with Gasteiger partial charge in [-0.25, -0.2) is 0 Å². The Morgan fingerprint density at radius 1 is 1.31 bits per heavy atom. The second-order valence-corrected chi connectivity index (χ2v) is 3.96. The first-order valence-electron chi connectivity index (χ1n) is 5.75. The molecule has 5 heteroatoms. The molecule has 16 heavy (non-hydrogen) atoms. The number of carbonyl (C=O) groups is 2. The van der Waals surface area contributed by atoms with E-state index in [1.54, 1.807) is 0 Å². The Hall–Kier alpha value is -1.10. The quantitative estimate of drug-likeness (QED) is 0.542. The summed E-state index contributed by atoms with van der Waals surface area (Å²) in [5, 5.41) is 14.2. The molecule has 0 aromatic heterocycles. The molecular weight excluding hydrogens is 208 g/mol. The summed E-state index contributed by atoms with van der Waals surface area (Å²) in [7, 11) is 0. The van der Waals surface area contributed by atoms with E-state index >= 15 is 0 Å². The molecule has 0 spiro atoms. The molecule has 0 aliphatic heterocycles. The van der Waals surface area contributed by atoms with Gasteiger partial charge in [-0.15, -0.1) is 0 Å². The Bertz CT molecular complexity index is 219.